The van der Waals surface area contributed by atoms with Gasteiger partial charge in [-0.3, -0.25) is 13.9 Å². The number of rotatable bonds is 12. The first-order valence-corrected chi connectivity index (χ1v) is 16.3. The van der Waals surface area contributed by atoms with Crippen LogP contribution >= 0.6 is 11.6 Å². The maximum Gasteiger partial charge on any atom is 0.244 e. The van der Waals surface area contributed by atoms with Crippen molar-refractivity contribution in [2.75, 3.05) is 24.2 Å². The highest BCUT2D eigenvalue weighted by atomic mass is 35.5. The minimum absolute atomic E-state index is 0.0504. The highest BCUT2D eigenvalue weighted by Gasteiger charge is 2.35. The Kier molecular flexibility index (Phi) is 10.5. The van der Waals surface area contributed by atoms with Gasteiger partial charge in [-0.2, -0.15) is 0 Å². The maximum atomic E-state index is 14.3. The van der Waals surface area contributed by atoms with E-state index in [0.29, 0.717) is 5.02 Å². The number of methoxy groups -OCH3 is 1. The number of nitrogens with one attached hydrogen (secondary N) is 1. The molecule has 1 saturated carbocycles. The van der Waals surface area contributed by atoms with Gasteiger partial charge in [0, 0.05) is 24.0 Å². The summed E-state index contributed by atoms with van der Waals surface area (Å²) < 4.78 is 32.6. The molecular weight excluding hydrogens is 574 g/mol. The lowest BCUT2D eigenvalue weighted by molar-refractivity contribution is -0.140. The predicted octanol–water partition coefficient (Wildman–Crippen LogP) is 5.12. The first-order chi connectivity index (χ1) is 20.1. The molecule has 1 aliphatic rings. The van der Waals surface area contributed by atoms with Crippen molar-refractivity contribution >= 4 is 39.1 Å². The van der Waals surface area contributed by atoms with E-state index in [2.05, 4.69) is 5.32 Å². The molecule has 0 spiro atoms. The van der Waals surface area contributed by atoms with Crippen LogP contribution in [0.25, 0.3) is 0 Å². The number of anilines is 1. The molecule has 0 unspecified atom stereocenters. The number of amides is 2. The smallest absolute Gasteiger partial charge is 0.244 e. The Morgan fingerprint density at radius 1 is 1.02 bits per heavy atom. The summed E-state index contributed by atoms with van der Waals surface area (Å²) in [4.78, 5) is 29.8. The Morgan fingerprint density at radius 3 is 2.33 bits per heavy atom. The molecular formula is C32H38ClN3O5S. The number of carbonyl (C=O) groups excluding carboxylic acids is 2. The highest BCUT2D eigenvalue weighted by Crippen LogP contribution is 2.33. The second-order valence-electron chi connectivity index (χ2n) is 10.7. The van der Waals surface area contributed by atoms with E-state index in [1.807, 2.05) is 61.5 Å². The number of halogens is 1. The van der Waals surface area contributed by atoms with E-state index >= 15 is 0 Å². The van der Waals surface area contributed by atoms with E-state index < -0.39 is 28.5 Å². The van der Waals surface area contributed by atoms with Crippen LogP contribution in [0.15, 0.2) is 72.8 Å². The lowest BCUT2D eigenvalue weighted by Crippen LogP contribution is -2.54. The largest absolute Gasteiger partial charge is 0.495 e. The van der Waals surface area contributed by atoms with Crippen LogP contribution in [-0.4, -0.2) is 57.1 Å². The Hall–Kier alpha value is -3.56. The molecule has 2 amide bonds. The Labute approximate surface area is 253 Å². The fourth-order valence-corrected chi connectivity index (χ4v) is 6.36. The van der Waals surface area contributed by atoms with E-state index in [9.17, 15) is 18.0 Å². The number of nitrogens with zero attached hydrogens (tertiary/aromatic N) is 2. The van der Waals surface area contributed by atoms with Crippen LogP contribution in [0.2, 0.25) is 5.02 Å². The van der Waals surface area contributed by atoms with Gasteiger partial charge in [0.15, 0.2) is 0 Å². The topological polar surface area (TPSA) is 96.0 Å². The molecule has 1 aliphatic carbocycles. The minimum atomic E-state index is -3.95. The Balaban J connectivity index is 1.76. The van der Waals surface area contributed by atoms with E-state index in [0.717, 1.165) is 52.9 Å². The lowest BCUT2D eigenvalue weighted by atomic mass is 10.0. The molecule has 42 heavy (non-hydrogen) atoms. The number of hydrogen-bond donors (Lipinski definition) is 1. The third-order valence-electron chi connectivity index (χ3n) is 7.66. The molecule has 0 aromatic heterocycles. The van der Waals surface area contributed by atoms with Crippen molar-refractivity contribution in [3.8, 4) is 5.75 Å². The van der Waals surface area contributed by atoms with Gasteiger partial charge in [0.1, 0.15) is 18.3 Å². The fraction of sp³-hybridized carbons (Fsp3) is 0.375. The van der Waals surface area contributed by atoms with Gasteiger partial charge in [-0.25, -0.2) is 8.42 Å². The summed E-state index contributed by atoms with van der Waals surface area (Å²) in [6, 6.07) is 21.0. The van der Waals surface area contributed by atoms with Gasteiger partial charge >= 0.3 is 0 Å². The van der Waals surface area contributed by atoms with Gasteiger partial charge in [-0.05, 0) is 54.7 Å². The van der Waals surface area contributed by atoms with Crippen LogP contribution in [0, 0.1) is 6.92 Å². The summed E-state index contributed by atoms with van der Waals surface area (Å²) in [5.41, 5.74) is 2.86. The molecule has 0 aliphatic heterocycles. The average molecular weight is 612 g/mol. The SMILES string of the molecule is COc1ccc(Cl)cc1N(CC(=O)N(Cc1ccccc1C)[C@H](Cc1ccccc1)C(=O)NC1CCCC1)S(C)(=O)=O. The van der Waals surface area contributed by atoms with E-state index in [1.165, 1.54) is 18.1 Å². The van der Waals surface area contributed by atoms with Crippen molar-refractivity contribution in [3.63, 3.8) is 0 Å². The van der Waals surface area contributed by atoms with E-state index in [4.69, 9.17) is 16.3 Å². The highest BCUT2D eigenvalue weighted by molar-refractivity contribution is 7.92. The zero-order valence-corrected chi connectivity index (χ0v) is 25.8. The lowest BCUT2D eigenvalue weighted by Gasteiger charge is -2.34. The summed E-state index contributed by atoms with van der Waals surface area (Å²) in [5.74, 6) is -0.518. The molecule has 10 heteroatoms. The second-order valence-corrected chi connectivity index (χ2v) is 13.1. The van der Waals surface area contributed by atoms with Crippen molar-refractivity contribution < 1.29 is 22.7 Å². The summed E-state index contributed by atoms with van der Waals surface area (Å²) in [7, 11) is -2.53. The Morgan fingerprint density at radius 2 is 1.69 bits per heavy atom. The molecule has 0 saturated heterocycles. The first kappa shape index (κ1) is 31.4. The van der Waals surface area contributed by atoms with Crippen LogP contribution in [0.5, 0.6) is 5.75 Å². The van der Waals surface area contributed by atoms with Crippen LogP contribution in [-0.2, 0) is 32.6 Å². The molecule has 3 aromatic rings. The molecule has 0 bridgehead atoms. The zero-order chi connectivity index (χ0) is 30.3. The van der Waals surface area contributed by atoms with Crippen LogP contribution < -0.4 is 14.4 Å². The van der Waals surface area contributed by atoms with Crippen molar-refractivity contribution in [1.82, 2.24) is 10.2 Å². The monoisotopic (exact) mass is 611 g/mol. The molecule has 1 atom stereocenters. The predicted molar refractivity (Wildman–Crippen MR) is 166 cm³/mol. The van der Waals surface area contributed by atoms with Crippen molar-refractivity contribution in [2.45, 2.75) is 57.7 Å². The van der Waals surface area contributed by atoms with Gasteiger partial charge in [0.25, 0.3) is 0 Å². The van der Waals surface area contributed by atoms with Gasteiger partial charge in [0.05, 0.1) is 19.1 Å². The first-order valence-electron chi connectivity index (χ1n) is 14.1. The third-order valence-corrected chi connectivity index (χ3v) is 9.02. The van der Waals surface area contributed by atoms with Crippen LogP contribution in [0.3, 0.4) is 0 Å². The van der Waals surface area contributed by atoms with Crippen molar-refractivity contribution in [1.29, 1.82) is 0 Å². The molecule has 8 nitrogen and oxygen atoms in total. The maximum absolute atomic E-state index is 14.3. The summed E-state index contributed by atoms with van der Waals surface area (Å²) in [6.07, 6.45) is 5.19. The van der Waals surface area contributed by atoms with Gasteiger partial charge < -0.3 is 15.0 Å². The summed E-state index contributed by atoms with van der Waals surface area (Å²) >= 11 is 6.23. The molecule has 1 N–H and O–H groups in total. The number of sulfonamides is 1. The van der Waals surface area contributed by atoms with Crippen molar-refractivity contribution in [2.24, 2.45) is 0 Å². The quantitative estimate of drug-likeness (QED) is 0.307. The van der Waals surface area contributed by atoms with Crippen LogP contribution in [0.4, 0.5) is 5.69 Å². The van der Waals surface area contributed by atoms with Gasteiger partial charge in [-0.15, -0.1) is 0 Å². The molecule has 4 rings (SSSR count). The number of hydrogen-bond acceptors (Lipinski definition) is 5. The third kappa shape index (κ3) is 8.04. The van der Waals surface area contributed by atoms with Crippen molar-refractivity contribution in [3.05, 3.63) is 94.5 Å². The van der Waals surface area contributed by atoms with Gasteiger partial charge in [0.2, 0.25) is 21.8 Å². The minimum Gasteiger partial charge on any atom is -0.495 e. The Bertz CT molecular complexity index is 1490. The second kappa shape index (κ2) is 14.1. The van der Waals surface area contributed by atoms with Crippen LogP contribution in [0.1, 0.15) is 42.4 Å². The average Bonchev–Trinajstić information content (AvgIpc) is 3.47. The molecule has 0 heterocycles. The fourth-order valence-electron chi connectivity index (χ4n) is 5.35. The number of benzene rings is 3. The summed E-state index contributed by atoms with van der Waals surface area (Å²) in [6.45, 7) is 1.54. The molecule has 0 radical (unpaired) electrons. The molecule has 1 fully saturated rings. The molecule has 3 aromatic carbocycles. The number of aryl methyl sites for hydroxylation is 1. The van der Waals surface area contributed by atoms with E-state index in [1.54, 1.807) is 12.1 Å². The number of carbonyl (C=O) groups is 2. The van der Waals surface area contributed by atoms with E-state index in [-0.39, 0.29) is 36.4 Å². The standard InChI is InChI=1S/C32H38ClN3O5S/c1-23-11-7-8-14-25(23)21-35(29(19-24-12-5-4-6-13-24)32(38)34-27-15-9-10-16-27)31(37)22-36(42(3,39)40)28-20-26(33)17-18-30(28)41-2/h4-8,11-14,17-18,20,27,29H,9-10,15-16,19,21-22H2,1-3H3,(H,34,38)/t29-/m1/s1. The molecule has 224 valence electrons. The zero-order valence-electron chi connectivity index (χ0n) is 24.3. The summed E-state index contributed by atoms with van der Waals surface area (Å²) in [5, 5.41) is 3.47. The van der Waals surface area contributed by atoms with Gasteiger partial charge in [-0.1, -0.05) is 79.0 Å². The normalized spacial score (nSPS) is 14.3. The number of ether oxygens (including phenoxy) is 1.